The minimum absolute atomic E-state index is 0.138. The standard InChI is InChI=1S/C15H24FN3O2/c1-4-19(11-14(20)17-2)15-12(6-5-7-13(15)16)10-18-8-9-21-3/h5-7,18H,4,8-11H2,1-3H3,(H,17,20). The topological polar surface area (TPSA) is 53.6 Å². The van der Waals surface area contributed by atoms with Gasteiger partial charge in [0.15, 0.2) is 0 Å². The van der Waals surface area contributed by atoms with Crippen molar-refractivity contribution in [2.75, 3.05) is 45.3 Å². The molecule has 0 aliphatic carbocycles. The quantitative estimate of drug-likeness (QED) is 0.671. The van der Waals surface area contributed by atoms with Crippen molar-refractivity contribution in [1.82, 2.24) is 10.6 Å². The summed E-state index contributed by atoms with van der Waals surface area (Å²) in [5, 5.41) is 5.76. The van der Waals surface area contributed by atoms with Gasteiger partial charge in [0.1, 0.15) is 5.82 Å². The number of benzene rings is 1. The maximum Gasteiger partial charge on any atom is 0.239 e. The Hall–Kier alpha value is -1.66. The smallest absolute Gasteiger partial charge is 0.239 e. The van der Waals surface area contributed by atoms with Crippen LogP contribution < -0.4 is 15.5 Å². The zero-order valence-corrected chi connectivity index (χ0v) is 12.9. The highest BCUT2D eigenvalue weighted by Gasteiger charge is 2.16. The van der Waals surface area contributed by atoms with Gasteiger partial charge in [-0.2, -0.15) is 0 Å². The molecule has 1 aromatic carbocycles. The Labute approximate surface area is 125 Å². The highest BCUT2D eigenvalue weighted by Crippen LogP contribution is 2.24. The van der Waals surface area contributed by atoms with E-state index in [-0.39, 0.29) is 18.3 Å². The number of anilines is 1. The summed E-state index contributed by atoms with van der Waals surface area (Å²) in [4.78, 5) is 13.3. The third-order valence-electron chi connectivity index (χ3n) is 3.18. The number of likely N-dealkylation sites (N-methyl/N-ethyl adjacent to an activating group) is 2. The number of nitrogens with one attached hydrogen (secondary N) is 2. The van der Waals surface area contributed by atoms with Crippen molar-refractivity contribution >= 4 is 11.6 Å². The summed E-state index contributed by atoms with van der Waals surface area (Å²) in [6, 6.07) is 4.96. The van der Waals surface area contributed by atoms with E-state index in [2.05, 4.69) is 10.6 Å². The second kappa shape index (κ2) is 9.31. The molecule has 0 saturated heterocycles. The number of halogens is 1. The van der Waals surface area contributed by atoms with Gasteiger partial charge in [0, 0.05) is 33.8 Å². The molecule has 0 heterocycles. The molecule has 0 atom stereocenters. The minimum atomic E-state index is -0.313. The summed E-state index contributed by atoms with van der Waals surface area (Å²) in [5.41, 5.74) is 1.31. The van der Waals surface area contributed by atoms with Gasteiger partial charge < -0.3 is 20.3 Å². The lowest BCUT2D eigenvalue weighted by molar-refractivity contribution is -0.119. The molecule has 5 nitrogen and oxygen atoms in total. The summed E-state index contributed by atoms with van der Waals surface area (Å²) < 4.78 is 19.2. The molecule has 1 aromatic rings. The molecule has 0 spiro atoms. The predicted octanol–water partition coefficient (Wildman–Crippen LogP) is 1.13. The van der Waals surface area contributed by atoms with Crippen molar-refractivity contribution < 1.29 is 13.9 Å². The van der Waals surface area contributed by atoms with Gasteiger partial charge >= 0.3 is 0 Å². The third-order valence-corrected chi connectivity index (χ3v) is 3.18. The first kappa shape index (κ1) is 17.4. The Morgan fingerprint density at radius 2 is 2.19 bits per heavy atom. The Morgan fingerprint density at radius 3 is 2.81 bits per heavy atom. The number of amides is 1. The highest BCUT2D eigenvalue weighted by atomic mass is 19.1. The average Bonchev–Trinajstić information content (AvgIpc) is 2.49. The van der Waals surface area contributed by atoms with Crippen LogP contribution in [0.2, 0.25) is 0 Å². The molecule has 0 aliphatic heterocycles. The minimum Gasteiger partial charge on any atom is -0.383 e. The molecule has 6 heteroatoms. The fourth-order valence-corrected chi connectivity index (χ4v) is 2.06. The lowest BCUT2D eigenvalue weighted by Crippen LogP contribution is -2.36. The van der Waals surface area contributed by atoms with Crippen LogP contribution in [0.25, 0.3) is 0 Å². The summed E-state index contributed by atoms with van der Waals surface area (Å²) in [6.45, 7) is 4.41. The first-order valence-corrected chi connectivity index (χ1v) is 7.06. The monoisotopic (exact) mass is 297 g/mol. The van der Waals surface area contributed by atoms with Gasteiger partial charge in [-0.15, -0.1) is 0 Å². The van der Waals surface area contributed by atoms with Crippen LogP contribution in [0.5, 0.6) is 0 Å². The number of carbonyl (C=O) groups is 1. The normalized spacial score (nSPS) is 10.5. The van der Waals surface area contributed by atoms with Crippen molar-refractivity contribution in [3.05, 3.63) is 29.6 Å². The van der Waals surface area contributed by atoms with E-state index in [9.17, 15) is 9.18 Å². The average molecular weight is 297 g/mol. The Kier molecular flexibility index (Phi) is 7.71. The molecule has 21 heavy (non-hydrogen) atoms. The number of nitrogens with zero attached hydrogens (tertiary/aromatic N) is 1. The van der Waals surface area contributed by atoms with Crippen LogP contribution in [0.1, 0.15) is 12.5 Å². The molecule has 1 amide bonds. The van der Waals surface area contributed by atoms with Crippen LogP contribution in [-0.2, 0) is 16.1 Å². The van der Waals surface area contributed by atoms with Gasteiger partial charge in [0.05, 0.1) is 18.8 Å². The van der Waals surface area contributed by atoms with E-state index in [1.54, 1.807) is 25.1 Å². The molecule has 0 unspecified atom stereocenters. The van der Waals surface area contributed by atoms with E-state index in [0.717, 1.165) is 5.56 Å². The highest BCUT2D eigenvalue weighted by molar-refractivity contribution is 5.81. The molecule has 0 aromatic heterocycles. The maximum absolute atomic E-state index is 14.2. The number of para-hydroxylation sites is 1. The first-order valence-electron chi connectivity index (χ1n) is 7.06. The van der Waals surface area contributed by atoms with Crippen molar-refractivity contribution in [3.63, 3.8) is 0 Å². The van der Waals surface area contributed by atoms with E-state index < -0.39 is 0 Å². The van der Waals surface area contributed by atoms with Crippen LogP contribution in [0.4, 0.5) is 10.1 Å². The lowest BCUT2D eigenvalue weighted by atomic mass is 10.1. The number of hydrogen-bond donors (Lipinski definition) is 2. The van der Waals surface area contributed by atoms with E-state index in [1.807, 2.05) is 13.0 Å². The van der Waals surface area contributed by atoms with Gasteiger partial charge in [-0.05, 0) is 18.6 Å². The molecular formula is C15H24FN3O2. The van der Waals surface area contributed by atoms with Gasteiger partial charge in [0.25, 0.3) is 0 Å². The summed E-state index contributed by atoms with van der Waals surface area (Å²) in [7, 11) is 3.21. The van der Waals surface area contributed by atoms with Gasteiger partial charge in [-0.25, -0.2) is 4.39 Å². The van der Waals surface area contributed by atoms with E-state index in [0.29, 0.717) is 31.9 Å². The molecule has 1 rings (SSSR count). The van der Waals surface area contributed by atoms with Crippen LogP contribution in [0.3, 0.4) is 0 Å². The summed E-state index contributed by atoms with van der Waals surface area (Å²) in [5.74, 6) is -0.454. The number of hydrogen-bond acceptors (Lipinski definition) is 4. The van der Waals surface area contributed by atoms with Gasteiger partial charge in [0.2, 0.25) is 5.91 Å². The SMILES string of the molecule is CCN(CC(=O)NC)c1c(F)cccc1CNCCOC. The fourth-order valence-electron chi connectivity index (χ4n) is 2.06. The second-order valence-electron chi connectivity index (χ2n) is 4.60. The zero-order chi connectivity index (χ0) is 15.7. The Bertz CT molecular complexity index is 455. The maximum atomic E-state index is 14.2. The molecule has 0 saturated carbocycles. The van der Waals surface area contributed by atoms with Crippen molar-refractivity contribution in [3.8, 4) is 0 Å². The molecule has 0 radical (unpaired) electrons. The van der Waals surface area contributed by atoms with Crippen molar-refractivity contribution in [2.24, 2.45) is 0 Å². The predicted molar refractivity (Wildman–Crippen MR) is 81.9 cm³/mol. The Morgan fingerprint density at radius 1 is 1.43 bits per heavy atom. The summed E-state index contributed by atoms with van der Waals surface area (Å²) in [6.07, 6.45) is 0. The second-order valence-corrected chi connectivity index (χ2v) is 4.60. The lowest BCUT2D eigenvalue weighted by Gasteiger charge is -2.25. The Balaban J connectivity index is 2.88. The first-order chi connectivity index (χ1) is 10.1. The number of rotatable bonds is 9. The van der Waals surface area contributed by atoms with Crippen molar-refractivity contribution in [2.45, 2.75) is 13.5 Å². The molecular weight excluding hydrogens is 273 g/mol. The third kappa shape index (κ3) is 5.32. The fraction of sp³-hybridized carbons (Fsp3) is 0.533. The van der Waals surface area contributed by atoms with Crippen molar-refractivity contribution in [1.29, 1.82) is 0 Å². The van der Waals surface area contributed by atoms with Gasteiger partial charge in [-0.1, -0.05) is 12.1 Å². The van der Waals surface area contributed by atoms with Crippen LogP contribution in [0, 0.1) is 5.82 Å². The van der Waals surface area contributed by atoms with Crippen LogP contribution in [-0.4, -0.2) is 46.3 Å². The van der Waals surface area contributed by atoms with Crippen LogP contribution >= 0.6 is 0 Å². The molecule has 118 valence electrons. The van der Waals surface area contributed by atoms with E-state index in [4.69, 9.17) is 4.74 Å². The zero-order valence-electron chi connectivity index (χ0n) is 12.9. The number of ether oxygens (including phenoxy) is 1. The van der Waals surface area contributed by atoms with E-state index in [1.165, 1.54) is 6.07 Å². The van der Waals surface area contributed by atoms with Gasteiger partial charge in [-0.3, -0.25) is 4.79 Å². The number of carbonyl (C=O) groups excluding carboxylic acids is 1. The molecule has 0 fully saturated rings. The number of methoxy groups -OCH3 is 1. The largest absolute Gasteiger partial charge is 0.383 e. The molecule has 0 aliphatic rings. The van der Waals surface area contributed by atoms with E-state index >= 15 is 0 Å². The molecule has 0 bridgehead atoms. The summed E-state index contributed by atoms with van der Waals surface area (Å²) >= 11 is 0. The van der Waals surface area contributed by atoms with Crippen LogP contribution in [0.15, 0.2) is 18.2 Å². The molecule has 2 N–H and O–H groups in total.